The Kier molecular flexibility index (Phi) is 5.12. The highest BCUT2D eigenvalue weighted by Crippen LogP contribution is 2.27. The number of rotatable bonds is 6. The van der Waals surface area contributed by atoms with Gasteiger partial charge in [0, 0.05) is 25.5 Å². The average molecular weight is 345 g/mol. The third kappa shape index (κ3) is 3.61. The first-order valence-electron chi connectivity index (χ1n) is 6.47. The van der Waals surface area contributed by atoms with Gasteiger partial charge in [-0.05, 0) is 30.3 Å². The molecule has 0 radical (unpaired) electrons. The normalized spacial score (nSPS) is 13.1. The Balaban J connectivity index is 2.11. The molecule has 120 valence electrons. The Morgan fingerprint density at radius 3 is 2.68 bits per heavy atom. The van der Waals surface area contributed by atoms with E-state index in [0.29, 0.717) is 11.4 Å². The van der Waals surface area contributed by atoms with Crippen molar-refractivity contribution in [1.82, 2.24) is 9.29 Å². The van der Waals surface area contributed by atoms with Crippen LogP contribution in [0.5, 0.6) is 5.75 Å². The number of nitrogens with one attached hydrogen (secondary N) is 1. The molecule has 2 rings (SSSR count). The number of methoxy groups -OCH3 is 1. The van der Waals surface area contributed by atoms with Crippen molar-refractivity contribution in [2.75, 3.05) is 13.7 Å². The summed E-state index contributed by atoms with van der Waals surface area (Å²) < 4.78 is 33.5. The highest BCUT2D eigenvalue weighted by atomic mass is 35.5. The summed E-state index contributed by atoms with van der Waals surface area (Å²) in [6.07, 6.45) is 0.833. The first-order chi connectivity index (χ1) is 10.3. The molecule has 2 N–H and O–H groups in total. The monoisotopic (exact) mass is 344 g/mol. The van der Waals surface area contributed by atoms with E-state index in [1.54, 1.807) is 29.9 Å². The maximum absolute atomic E-state index is 12.2. The van der Waals surface area contributed by atoms with Crippen molar-refractivity contribution in [1.29, 1.82) is 0 Å². The summed E-state index contributed by atoms with van der Waals surface area (Å²) in [7, 11) is -0.544. The van der Waals surface area contributed by atoms with E-state index in [2.05, 4.69) is 4.72 Å². The van der Waals surface area contributed by atoms with E-state index in [1.807, 2.05) is 0 Å². The molecule has 1 unspecified atom stereocenters. The lowest BCUT2D eigenvalue weighted by atomic mass is 10.2. The SMILES string of the molecule is COc1ccc(S(=O)(=O)NCC(O)c2cccn2C)cc1Cl. The van der Waals surface area contributed by atoms with Crippen molar-refractivity contribution < 1.29 is 18.3 Å². The molecule has 0 saturated carbocycles. The molecule has 0 aliphatic heterocycles. The fourth-order valence-corrected chi connectivity index (χ4v) is 3.40. The molecule has 2 aromatic rings. The molecule has 0 bridgehead atoms. The quantitative estimate of drug-likeness (QED) is 0.835. The van der Waals surface area contributed by atoms with E-state index >= 15 is 0 Å². The molecule has 1 atom stereocenters. The lowest BCUT2D eigenvalue weighted by Crippen LogP contribution is -2.29. The Labute approximate surface area is 134 Å². The molecule has 0 spiro atoms. The number of benzene rings is 1. The highest BCUT2D eigenvalue weighted by Gasteiger charge is 2.19. The first-order valence-corrected chi connectivity index (χ1v) is 8.34. The second kappa shape index (κ2) is 6.70. The average Bonchev–Trinajstić information content (AvgIpc) is 2.91. The van der Waals surface area contributed by atoms with Gasteiger partial charge in [-0.3, -0.25) is 0 Å². The predicted octanol–water partition coefficient (Wildman–Crippen LogP) is 1.70. The lowest BCUT2D eigenvalue weighted by molar-refractivity contribution is 0.173. The van der Waals surface area contributed by atoms with Crippen LogP contribution in [0.4, 0.5) is 0 Å². The van der Waals surface area contributed by atoms with Gasteiger partial charge in [0.1, 0.15) is 11.9 Å². The van der Waals surface area contributed by atoms with Crippen molar-refractivity contribution in [3.05, 3.63) is 47.2 Å². The minimum absolute atomic E-state index is 0.0115. The number of sulfonamides is 1. The topological polar surface area (TPSA) is 80.6 Å². The Hall–Kier alpha value is -1.54. The number of aliphatic hydroxyl groups is 1. The van der Waals surface area contributed by atoms with Gasteiger partial charge in [0.25, 0.3) is 0 Å². The van der Waals surface area contributed by atoms with Crippen LogP contribution in [0.25, 0.3) is 0 Å². The maximum Gasteiger partial charge on any atom is 0.240 e. The summed E-state index contributed by atoms with van der Waals surface area (Å²) in [5.74, 6) is 0.393. The number of hydrogen-bond acceptors (Lipinski definition) is 4. The van der Waals surface area contributed by atoms with Gasteiger partial charge in [0.15, 0.2) is 0 Å². The van der Waals surface area contributed by atoms with Crippen LogP contribution >= 0.6 is 11.6 Å². The van der Waals surface area contributed by atoms with Crippen LogP contribution in [0.2, 0.25) is 5.02 Å². The fraction of sp³-hybridized carbons (Fsp3) is 0.286. The smallest absolute Gasteiger partial charge is 0.240 e. The highest BCUT2D eigenvalue weighted by molar-refractivity contribution is 7.89. The van der Waals surface area contributed by atoms with Crippen LogP contribution in [0.1, 0.15) is 11.8 Å². The number of ether oxygens (including phenoxy) is 1. The van der Waals surface area contributed by atoms with Gasteiger partial charge in [-0.25, -0.2) is 13.1 Å². The molecule has 6 nitrogen and oxygen atoms in total. The van der Waals surface area contributed by atoms with Crippen molar-refractivity contribution >= 4 is 21.6 Å². The van der Waals surface area contributed by atoms with Crippen LogP contribution < -0.4 is 9.46 Å². The lowest BCUT2D eigenvalue weighted by Gasteiger charge is -2.14. The third-order valence-corrected chi connectivity index (χ3v) is 4.94. The Morgan fingerprint density at radius 2 is 2.14 bits per heavy atom. The number of aryl methyl sites for hydroxylation is 1. The van der Waals surface area contributed by atoms with Gasteiger partial charge in [-0.15, -0.1) is 0 Å². The van der Waals surface area contributed by atoms with Gasteiger partial charge in [0.2, 0.25) is 10.0 Å². The Morgan fingerprint density at radius 1 is 1.41 bits per heavy atom. The predicted molar refractivity (Wildman–Crippen MR) is 83.6 cm³/mol. The van der Waals surface area contributed by atoms with Gasteiger partial charge < -0.3 is 14.4 Å². The van der Waals surface area contributed by atoms with Gasteiger partial charge in [-0.1, -0.05) is 11.6 Å². The number of aliphatic hydroxyl groups excluding tert-OH is 1. The standard InChI is InChI=1S/C14H17ClN2O4S/c1-17-7-3-4-12(17)13(18)9-16-22(19,20)10-5-6-14(21-2)11(15)8-10/h3-8,13,16,18H,9H2,1-2H3. The minimum Gasteiger partial charge on any atom is -0.495 e. The van der Waals surface area contributed by atoms with Gasteiger partial charge in [-0.2, -0.15) is 0 Å². The third-order valence-electron chi connectivity index (χ3n) is 3.23. The number of nitrogens with zero attached hydrogens (tertiary/aromatic N) is 1. The zero-order chi connectivity index (χ0) is 16.3. The van der Waals surface area contributed by atoms with Crippen molar-refractivity contribution in [2.45, 2.75) is 11.0 Å². The van der Waals surface area contributed by atoms with Gasteiger partial charge in [0.05, 0.1) is 17.0 Å². The largest absolute Gasteiger partial charge is 0.495 e. The van der Waals surface area contributed by atoms with E-state index in [-0.39, 0.29) is 16.5 Å². The van der Waals surface area contributed by atoms with Crippen LogP contribution in [0.3, 0.4) is 0 Å². The summed E-state index contributed by atoms with van der Waals surface area (Å²) in [6.45, 7) is -0.135. The second-order valence-corrected chi connectivity index (χ2v) is 6.88. The summed E-state index contributed by atoms with van der Waals surface area (Å²) in [5.41, 5.74) is 0.621. The van der Waals surface area contributed by atoms with Crippen molar-refractivity contribution in [2.24, 2.45) is 7.05 Å². The van der Waals surface area contributed by atoms with E-state index in [1.165, 1.54) is 25.3 Å². The minimum atomic E-state index is -3.77. The van der Waals surface area contributed by atoms with Crippen molar-refractivity contribution in [3.8, 4) is 5.75 Å². The molecular formula is C14H17ClN2O4S. The molecule has 8 heteroatoms. The van der Waals surface area contributed by atoms with Crippen LogP contribution in [-0.2, 0) is 17.1 Å². The summed E-state index contributed by atoms with van der Waals surface area (Å²) in [6, 6.07) is 7.67. The summed E-state index contributed by atoms with van der Waals surface area (Å²) in [4.78, 5) is 0.0115. The fourth-order valence-electron chi connectivity index (χ4n) is 2.01. The zero-order valence-electron chi connectivity index (χ0n) is 12.2. The molecule has 0 aliphatic carbocycles. The molecule has 22 heavy (non-hydrogen) atoms. The first kappa shape index (κ1) is 16.8. The maximum atomic E-state index is 12.2. The van der Waals surface area contributed by atoms with E-state index in [4.69, 9.17) is 16.3 Å². The zero-order valence-corrected chi connectivity index (χ0v) is 13.7. The molecule has 1 aromatic heterocycles. The van der Waals surface area contributed by atoms with E-state index in [0.717, 1.165) is 0 Å². The summed E-state index contributed by atoms with van der Waals surface area (Å²) >= 11 is 5.93. The number of hydrogen-bond donors (Lipinski definition) is 2. The number of halogens is 1. The van der Waals surface area contributed by atoms with E-state index < -0.39 is 16.1 Å². The number of aromatic nitrogens is 1. The molecule has 1 aromatic carbocycles. The van der Waals surface area contributed by atoms with Crippen molar-refractivity contribution in [3.63, 3.8) is 0 Å². The molecule has 0 fully saturated rings. The molecule has 0 aliphatic rings. The molecule has 0 amide bonds. The van der Waals surface area contributed by atoms with Crippen LogP contribution in [-0.4, -0.2) is 31.7 Å². The van der Waals surface area contributed by atoms with Gasteiger partial charge >= 0.3 is 0 Å². The second-order valence-electron chi connectivity index (χ2n) is 4.71. The molecule has 1 heterocycles. The summed E-state index contributed by atoms with van der Waals surface area (Å²) in [5, 5.41) is 10.2. The Bertz CT molecular complexity index is 758. The molecular weight excluding hydrogens is 328 g/mol. The van der Waals surface area contributed by atoms with E-state index in [9.17, 15) is 13.5 Å². The molecule has 0 saturated heterocycles. The van der Waals surface area contributed by atoms with Crippen LogP contribution in [0, 0.1) is 0 Å². The van der Waals surface area contributed by atoms with Crippen LogP contribution in [0.15, 0.2) is 41.4 Å².